The van der Waals surface area contributed by atoms with E-state index in [0.29, 0.717) is 30.2 Å². The molecule has 1 fully saturated rings. The molecule has 0 aliphatic carbocycles. The highest BCUT2D eigenvalue weighted by molar-refractivity contribution is 6.30. The Morgan fingerprint density at radius 3 is 3.00 bits per heavy atom. The highest BCUT2D eigenvalue weighted by Crippen LogP contribution is 2.15. The molecule has 2 heterocycles. The minimum Gasteiger partial charge on any atom is -0.391 e. The number of aromatic amines is 1. The Morgan fingerprint density at radius 1 is 1.71 bits per heavy atom. The van der Waals surface area contributed by atoms with Crippen LogP contribution in [0.5, 0.6) is 0 Å². The number of nitrogens with one attached hydrogen (secondary N) is 1. The first-order valence-electron chi connectivity index (χ1n) is 4.48. The van der Waals surface area contributed by atoms with Crippen molar-refractivity contribution in [3.8, 4) is 0 Å². The Kier molecular flexibility index (Phi) is 2.48. The van der Waals surface area contributed by atoms with E-state index in [9.17, 15) is 9.90 Å². The molecule has 2 N–H and O–H groups in total. The van der Waals surface area contributed by atoms with Gasteiger partial charge in [0, 0.05) is 19.3 Å². The third-order valence-corrected chi connectivity index (χ3v) is 2.55. The van der Waals surface area contributed by atoms with E-state index in [1.54, 1.807) is 17.2 Å². The zero-order valence-electron chi connectivity index (χ0n) is 7.53. The third-order valence-electron chi connectivity index (χ3n) is 2.33. The van der Waals surface area contributed by atoms with E-state index < -0.39 is 0 Å². The van der Waals surface area contributed by atoms with Crippen molar-refractivity contribution in [3.05, 3.63) is 23.0 Å². The van der Waals surface area contributed by atoms with Crippen LogP contribution in [-0.4, -0.2) is 40.1 Å². The number of β-amino-alcohol motifs (C(OH)–C–C–N with tert-alkyl or cyclic N) is 1. The van der Waals surface area contributed by atoms with Gasteiger partial charge in [-0.3, -0.25) is 4.79 Å². The van der Waals surface area contributed by atoms with Crippen LogP contribution >= 0.6 is 11.6 Å². The molecule has 1 atom stereocenters. The number of carbonyl (C=O) groups is 1. The van der Waals surface area contributed by atoms with Gasteiger partial charge in [-0.15, -0.1) is 0 Å². The van der Waals surface area contributed by atoms with Crippen molar-refractivity contribution in [2.24, 2.45) is 0 Å². The number of hydrogen-bond acceptors (Lipinski definition) is 2. The van der Waals surface area contributed by atoms with Crippen LogP contribution in [0.2, 0.25) is 5.02 Å². The van der Waals surface area contributed by atoms with Crippen LogP contribution in [0, 0.1) is 0 Å². The number of amides is 1. The summed E-state index contributed by atoms with van der Waals surface area (Å²) in [6, 6.07) is 1.59. The van der Waals surface area contributed by atoms with Crippen molar-refractivity contribution in [3.63, 3.8) is 0 Å². The van der Waals surface area contributed by atoms with Crippen molar-refractivity contribution in [1.29, 1.82) is 0 Å². The molecular weight excluding hydrogens is 204 g/mol. The Labute approximate surface area is 86.5 Å². The van der Waals surface area contributed by atoms with Crippen molar-refractivity contribution in [2.45, 2.75) is 12.5 Å². The standard InChI is InChI=1S/C9H11ClN2O2/c10-6-3-8(11-4-6)9(14)12-2-1-7(13)5-12/h3-4,7,11,13H,1-2,5H2/t7-/m0/s1. The van der Waals surface area contributed by atoms with Crippen LogP contribution in [0.4, 0.5) is 0 Å². The van der Waals surface area contributed by atoms with Crippen molar-refractivity contribution >= 4 is 17.5 Å². The predicted molar refractivity (Wildman–Crippen MR) is 52.3 cm³/mol. The molecule has 14 heavy (non-hydrogen) atoms. The Balaban J connectivity index is 2.09. The highest BCUT2D eigenvalue weighted by atomic mass is 35.5. The number of aliphatic hydroxyl groups excluding tert-OH is 1. The van der Waals surface area contributed by atoms with Gasteiger partial charge >= 0.3 is 0 Å². The molecule has 1 aliphatic rings. The maximum absolute atomic E-state index is 11.7. The largest absolute Gasteiger partial charge is 0.391 e. The zero-order valence-corrected chi connectivity index (χ0v) is 8.29. The fraction of sp³-hybridized carbons (Fsp3) is 0.444. The summed E-state index contributed by atoms with van der Waals surface area (Å²) >= 11 is 5.69. The van der Waals surface area contributed by atoms with Gasteiger partial charge in [-0.25, -0.2) is 0 Å². The lowest BCUT2D eigenvalue weighted by Gasteiger charge is -2.13. The molecule has 1 saturated heterocycles. The van der Waals surface area contributed by atoms with Gasteiger partial charge in [0.15, 0.2) is 0 Å². The molecule has 0 unspecified atom stereocenters. The van der Waals surface area contributed by atoms with Crippen LogP contribution in [-0.2, 0) is 0 Å². The maximum atomic E-state index is 11.7. The third kappa shape index (κ3) is 1.76. The predicted octanol–water partition coefficient (Wildman–Crippen LogP) is 0.875. The molecule has 1 aliphatic heterocycles. The zero-order chi connectivity index (χ0) is 10.1. The summed E-state index contributed by atoms with van der Waals surface area (Å²) in [5, 5.41) is 9.79. The Morgan fingerprint density at radius 2 is 2.50 bits per heavy atom. The quantitative estimate of drug-likeness (QED) is 0.729. The maximum Gasteiger partial charge on any atom is 0.270 e. The van der Waals surface area contributed by atoms with Gasteiger partial charge in [0.05, 0.1) is 11.1 Å². The molecule has 1 aromatic rings. The second-order valence-electron chi connectivity index (χ2n) is 3.43. The first kappa shape index (κ1) is 9.55. The number of aliphatic hydroxyl groups is 1. The van der Waals surface area contributed by atoms with E-state index >= 15 is 0 Å². The van der Waals surface area contributed by atoms with Crippen LogP contribution in [0.25, 0.3) is 0 Å². The van der Waals surface area contributed by atoms with Gasteiger partial charge < -0.3 is 15.0 Å². The summed E-state index contributed by atoms with van der Waals surface area (Å²) in [7, 11) is 0. The van der Waals surface area contributed by atoms with Gasteiger partial charge in [-0.1, -0.05) is 11.6 Å². The van der Waals surface area contributed by atoms with Crippen molar-refractivity contribution < 1.29 is 9.90 Å². The summed E-state index contributed by atoms with van der Waals surface area (Å²) in [4.78, 5) is 16.1. The minimum atomic E-state index is -0.385. The summed E-state index contributed by atoms with van der Waals surface area (Å²) in [5.74, 6) is -0.103. The average Bonchev–Trinajstić information content (AvgIpc) is 2.73. The molecule has 4 nitrogen and oxygen atoms in total. The summed E-state index contributed by atoms with van der Waals surface area (Å²) in [5.41, 5.74) is 0.476. The second-order valence-corrected chi connectivity index (χ2v) is 3.86. The lowest BCUT2D eigenvalue weighted by molar-refractivity contribution is 0.0760. The topological polar surface area (TPSA) is 56.3 Å². The molecule has 2 rings (SSSR count). The normalized spacial score (nSPS) is 21.6. The average molecular weight is 215 g/mol. The highest BCUT2D eigenvalue weighted by Gasteiger charge is 2.25. The molecule has 0 spiro atoms. The van der Waals surface area contributed by atoms with E-state index in [-0.39, 0.29) is 12.0 Å². The van der Waals surface area contributed by atoms with Crippen molar-refractivity contribution in [1.82, 2.24) is 9.88 Å². The van der Waals surface area contributed by atoms with Gasteiger partial charge in [0.1, 0.15) is 5.69 Å². The number of nitrogens with zero attached hydrogens (tertiary/aromatic N) is 1. The van der Waals surface area contributed by atoms with Gasteiger partial charge in [-0.05, 0) is 12.5 Å². The van der Waals surface area contributed by atoms with Crippen LogP contribution < -0.4 is 0 Å². The minimum absolute atomic E-state index is 0.103. The molecule has 1 amide bonds. The summed E-state index contributed by atoms with van der Waals surface area (Å²) in [6.07, 6.45) is 1.84. The second kappa shape index (κ2) is 3.63. The van der Waals surface area contributed by atoms with Crippen molar-refractivity contribution in [2.75, 3.05) is 13.1 Å². The van der Waals surface area contributed by atoms with E-state index in [4.69, 9.17) is 11.6 Å². The van der Waals surface area contributed by atoms with Gasteiger partial charge in [0.2, 0.25) is 0 Å². The SMILES string of the molecule is O=C(c1cc(Cl)c[nH]1)N1CC[C@H](O)C1. The number of H-pyrrole nitrogens is 1. The van der Waals surface area contributed by atoms with Crippen LogP contribution in [0.15, 0.2) is 12.3 Å². The lowest BCUT2D eigenvalue weighted by atomic mass is 10.3. The molecule has 0 aromatic carbocycles. The molecule has 0 saturated carbocycles. The van der Waals surface area contributed by atoms with E-state index in [1.807, 2.05) is 0 Å². The molecular formula is C9H11ClN2O2. The fourth-order valence-corrected chi connectivity index (χ4v) is 1.75. The smallest absolute Gasteiger partial charge is 0.270 e. The number of halogens is 1. The van der Waals surface area contributed by atoms with Gasteiger partial charge in [-0.2, -0.15) is 0 Å². The first-order chi connectivity index (χ1) is 6.66. The van der Waals surface area contributed by atoms with E-state index in [0.717, 1.165) is 0 Å². The molecule has 0 radical (unpaired) electrons. The number of rotatable bonds is 1. The molecule has 0 bridgehead atoms. The number of likely N-dealkylation sites (tertiary alicyclic amines) is 1. The van der Waals surface area contributed by atoms with E-state index in [2.05, 4.69) is 4.98 Å². The fourth-order valence-electron chi connectivity index (χ4n) is 1.59. The summed E-state index contributed by atoms with van der Waals surface area (Å²) in [6.45, 7) is 1.02. The Bertz CT molecular complexity index is 350. The monoisotopic (exact) mass is 214 g/mol. The van der Waals surface area contributed by atoms with Crippen LogP contribution in [0.1, 0.15) is 16.9 Å². The number of hydrogen-bond donors (Lipinski definition) is 2. The van der Waals surface area contributed by atoms with Crippen LogP contribution in [0.3, 0.4) is 0 Å². The molecule has 76 valence electrons. The van der Waals surface area contributed by atoms with Gasteiger partial charge in [0.25, 0.3) is 5.91 Å². The molecule has 5 heteroatoms. The van der Waals surface area contributed by atoms with E-state index in [1.165, 1.54) is 0 Å². The summed E-state index contributed by atoms with van der Waals surface area (Å²) < 4.78 is 0. The number of aromatic nitrogens is 1. The number of carbonyl (C=O) groups excluding carboxylic acids is 1. The molecule has 1 aromatic heterocycles. The lowest BCUT2D eigenvalue weighted by Crippen LogP contribution is -2.29. The first-order valence-corrected chi connectivity index (χ1v) is 4.86. The Hall–Kier alpha value is -1.00.